The van der Waals surface area contributed by atoms with Crippen molar-refractivity contribution in [1.29, 1.82) is 0 Å². The number of hydrogen-bond donors (Lipinski definition) is 0. The molecule has 1 aromatic carbocycles. The molecule has 1 aliphatic rings. The molecule has 0 saturated carbocycles. The van der Waals surface area contributed by atoms with Gasteiger partial charge in [0.05, 0.1) is 0 Å². The van der Waals surface area contributed by atoms with Crippen LogP contribution >= 0.6 is 15.9 Å². The van der Waals surface area contributed by atoms with Gasteiger partial charge in [0.2, 0.25) is 0 Å². The lowest BCUT2D eigenvalue weighted by Gasteiger charge is -2.26. The molecule has 19 heavy (non-hydrogen) atoms. The SMILES string of the molecule is CC1CCCCCN1CCC(=O)c1ccccc1Br. The number of likely N-dealkylation sites (tertiary alicyclic amines) is 1. The average molecular weight is 324 g/mol. The van der Waals surface area contributed by atoms with Gasteiger partial charge >= 0.3 is 0 Å². The Morgan fingerprint density at radius 2 is 2.11 bits per heavy atom. The fourth-order valence-electron chi connectivity index (χ4n) is 2.73. The standard InChI is InChI=1S/C16H22BrNO/c1-13-7-3-2-6-11-18(13)12-10-16(19)14-8-4-5-9-15(14)17/h4-5,8-9,13H,2-3,6-7,10-12H2,1H3. The Morgan fingerprint density at radius 1 is 1.32 bits per heavy atom. The van der Waals surface area contributed by atoms with Crippen molar-refractivity contribution in [3.8, 4) is 0 Å². The zero-order valence-electron chi connectivity index (χ0n) is 11.6. The minimum atomic E-state index is 0.240. The minimum absolute atomic E-state index is 0.240. The van der Waals surface area contributed by atoms with E-state index in [1.54, 1.807) is 0 Å². The molecular formula is C16H22BrNO. The summed E-state index contributed by atoms with van der Waals surface area (Å²) in [7, 11) is 0. The van der Waals surface area contributed by atoms with Gasteiger partial charge in [-0.25, -0.2) is 0 Å². The summed E-state index contributed by atoms with van der Waals surface area (Å²) in [6.07, 6.45) is 5.82. The van der Waals surface area contributed by atoms with Crippen molar-refractivity contribution >= 4 is 21.7 Å². The van der Waals surface area contributed by atoms with Crippen LogP contribution in [0.4, 0.5) is 0 Å². The minimum Gasteiger partial charge on any atom is -0.300 e. The van der Waals surface area contributed by atoms with Crippen LogP contribution in [0.1, 0.15) is 49.4 Å². The third-order valence-electron chi connectivity index (χ3n) is 3.99. The van der Waals surface area contributed by atoms with Gasteiger partial charge in [-0.1, -0.05) is 47.0 Å². The van der Waals surface area contributed by atoms with Gasteiger partial charge in [-0.2, -0.15) is 0 Å². The van der Waals surface area contributed by atoms with Gasteiger partial charge in [0.15, 0.2) is 5.78 Å². The highest BCUT2D eigenvalue weighted by atomic mass is 79.9. The molecule has 0 amide bonds. The van der Waals surface area contributed by atoms with Crippen molar-refractivity contribution < 1.29 is 4.79 Å². The topological polar surface area (TPSA) is 20.3 Å². The van der Waals surface area contributed by atoms with Gasteiger partial charge in [-0.05, 0) is 32.4 Å². The molecule has 1 aliphatic heterocycles. The monoisotopic (exact) mass is 323 g/mol. The van der Waals surface area contributed by atoms with Gasteiger partial charge in [0.1, 0.15) is 0 Å². The number of halogens is 1. The van der Waals surface area contributed by atoms with Crippen LogP contribution in [0, 0.1) is 0 Å². The maximum atomic E-state index is 12.2. The number of hydrogen-bond acceptors (Lipinski definition) is 2. The second-order valence-electron chi connectivity index (χ2n) is 5.39. The zero-order chi connectivity index (χ0) is 13.7. The number of Topliss-reactive ketones (excluding diaryl/α,β-unsaturated/α-hetero) is 1. The van der Waals surface area contributed by atoms with Crippen LogP contribution in [-0.2, 0) is 0 Å². The van der Waals surface area contributed by atoms with Gasteiger partial charge in [-0.3, -0.25) is 4.79 Å². The lowest BCUT2D eigenvalue weighted by atomic mass is 10.1. The molecule has 0 bridgehead atoms. The molecule has 2 nitrogen and oxygen atoms in total. The molecule has 104 valence electrons. The molecule has 1 unspecified atom stereocenters. The number of rotatable bonds is 4. The Hall–Kier alpha value is -0.670. The van der Waals surface area contributed by atoms with E-state index in [0.29, 0.717) is 12.5 Å². The number of nitrogens with zero attached hydrogens (tertiary/aromatic N) is 1. The Labute approximate surface area is 124 Å². The maximum absolute atomic E-state index is 12.2. The average Bonchev–Trinajstić information content (AvgIpc) is 2.61. The fourth-order valence-corrected chi connectivity index (χ4v) is 3.24. The van der Waals surface area contributed by atoms with Gasteiger partial charge < -0.3 is 4.90 Å². The van der Waals surface area contributed by atoms with Crippen molar-refractivity contribution in [3.63, 3.8) is 0 Å². The quantitative estimate of drug-likeness (QED) is 0.770. The van der Waals surface area contributed by atoms with E-state index in [4.69, 9.17) is 0 Å². The third kappa shape index (κ3) is 4.15. The molecule has 1 atom stereocenters. The van der Waals surface area contributed by atoms with E-state index in [1.807, 2.05) is 24.3 Å². The van der Waals surface area contributed by atoms with Crippen LogP contribution in [0.15, 0.2) is 28.7 Å². The highest BCUT2D eigenvalue weighted by Gasteiger charge is 2.18. The van der Waals surface area contributed by atoms with Crippen LogP contribution in [0.25, 0.3) is 0 Å². The second kappa shape index (κ2) is 7.20. The molecule has 1 aromatic rings. The summed E-state index contributed by atoms with van der Waals surface area (Å²) in [5.74, 6) is 0.240. The normalized spacial score (nSPS) is 21.1. The third-order valence-corrected chi connectivity index (χ3v) is 4.68. The molecule has 3 heteroatoms. The molecule has 1 saturated heterocycles. The highest BCUT2D eigenvalue weighted by molar-refractivity contribution is 9.10. The van der Waals surface area contributed by atoms with Crippen molar-refractivity contribution in [1.82, 2.24) is 4.90 Å². The van der Waals surface area contributed by atoms with Crippen LogP contribution in [-0.4, -0.2) is 29.8 Å². The van der Waals surface area contributed by atoms with E-state index >= 15 is 0 Å². The molecule has 1 heterocycles. The summed E-state index contributed by atoms with van der Waals surface area (Å²) < 4.78 is 0.906. The summed E-state index contributed by atoms with van der Waals surface area (Å²) in [6.45, 7) is 4.32. The first-order chi connectivity index (χ1) is 9.18. The van der Waals surface area contributed by atoms with Crippen molar-refractivity contribution in [3.05, 3.63) is 34.3 Å². The van der Waals surface area contributed by atoms with E-state index in [-0.39, 0.29) is 5.78 Å². The Morgan fingerprint density at radius 3 is 2.89 bits per heavy atom. The zero-order valence-corrected chi connectivity index (χ0v) is 13.2. The van der Waals surface area contributed by atoms with Crippen molar-refractivity contribution in [2.45, 2.75) is 45.1 Å². The molecule has 0 aromatic heterocycles. The molecule has 0 radical (unpaired) electrons. The van der Waals surface area contributed by atoms with Gasteiger partial charge in [0.25, 0.3) is 0 Å². The fraction of sp³-hybridized carbons (Fsp3) is 0.562. The summed E-state index contributed by atoms with van der Waals surface area (Å²) in [6, 6.07) is 8.32. The second-order valence-corrected chi connectivity index (χ2v) is 6.24. The van der Waals surface area contributed by atoms with Crippen molar-refractivity contribution in [2.75, 3.05) is 13.1 Å². The number of benzene rings is 1. The van der Waals surface area contributed by atoms with Crippen LogP contribution < -0.4 is 0 Å². The Kier molecular flexibility index (Phi) is 5.59. The van der Waals surface area contributed by atoms with E-state index in [1.165, 1.54) is 25.7 Å². The molecule has 0 spiro atoms. The summed E-state index contributed by atoms with van der Waals surface area (Å²) in [5.41, 5.74) is 0.810. The Bertz CT molecular complexity index is 433. The molecule has 2 rings (SSSR count). The van der Waals surface area contributed by atoms with E-state index in [2.05, 4.69) is 27.8 Å². The molecule has 1 fully saturated rings. The number of ketones is 1. The lowest BCUT2D eigenvalue weighted by Crippen LogP contribution is -2.34. The molecule has 0 aliphatic carbocycles. The number of carbonyl (C=O) groups is 1. The molecule has 0 N–H and O–H groups in total. The summed E-state index contributed by atoms with van der Waals surface area (Å²) in [5, 5.41) is 0. The predicted octanol–water partition coefficient (Wildman–Crippen LogP) is 4.29. The van der Waals surface area contributed by atoms with Crippen LogP contribution in [0.2, 0.25) is 0 Å². The Balaban J connectivity index is 1.91. The summed E-state index contributed by atoms with van der Waals surface area (Å²) in [4.78, 5) is 14.7. The lowest BCUT2D eigenvalue weighted by molar-refractivity contribution is 0.0953. The van der Waals surface area contributed by atoms with E-state index in [9.17, 15) is 4.79 Å². The first-order valence-corrected chi connectivity index (χ1v) is 7.99. The van der Waals surface area contributed by atoms with Crippen molar-refractivity contribution in [2.24, 2.45) is 0 Å². The highest BCUT2D eigenvalue weighted by Crippen LogP contribution is 2.20. The number of carbonyl (C=O) groups excluding carboxylic acids is 1. The first-order valence-electron chi connectivity index (χ1n) is 7.20. The van der Waals surface area contributed by atoms with Crippen LogP contribution in [0.5, 0.6) is 0 Å². The maximum Gasteiger partial charge on any atom is 0.165 e. The smallest absolute Gasteiger partial charge is 0.165 e. The molecular weight excluding hydrogens is 302 g/mol. The van der Waals surface area contributed by atoms with Gasteiger partial charge in [0, 0.05) is 29.0 Å². The first kappa shape index (κ1) is 14.7. The summed E-state index contributed by atoms with van der Waals surface area (Å²) >= 11 is 3.45. The van der Waals surface area contributed by atoms with Crippen LogP contribution in [0.3, 0.4) is 0 Å². The van der Waals surface area contributed by atoms with E-state index in [0.717, 1.165) is 23.1 Å². The predicted molar refractivity (Wildman–Crippen MR) is 82.6 cm³/mol. The van der Waals surface area contributed by atoms with E-state index < -0.39 is 0 Å². The van der Waals surface area contributed by atoms with Gasteiger partial charge in [-0.15, -0.1) is 0 Å². The largest absolute Gasteiger partial charge is 0.300 e.